The number of rotatable bonds is 12. The summed E-state index contributed by atoms with van der Waals surface area (Å²) in [7, 11) is 8.28. The Labute approximate surface area is 223 Å². The standard InChI is InChI=1S/C30H36N6O2/c1-35(2)15-5-17-37-23-11-13-25-27(19-23)33-29(31-25)21-7-9-22(10-8-21)30-32-26-14-12-24(20-28(26)34-30)38-18-6-16-36(3)4/h7-14,19-20H,5-6,15-18H2,1-4H3,(H,31,33)(H,32,34). The highest BCUT2D eigenvalue weighted by Gasteiger charge is 2.10. The van der Waals surface area contributed by atoms with Crippen molar-refractivity contribution in [2.45, 2.75) is 12.8 Å². The first-order valence-electron chi connectivity index (χ1n) is 13.1. The van der Waals surface area contributed by atoms with Crippen molar-refractivity contribution in [3.8, 4) is 34.3 Å². The molecular formula is C30H36N6O2. The molecule has 0 saturated heterocycles. The van der Waals surface area contributed by atoms with E-state index >= 15 is 0 Å². The minimum Gasteiger partial charge on any atom is -0.493 e. The average Bonchev–Trinajstić information content (AvgIpc) is 3.53. The Hall–Kier alpha value is -3.88. The van der Waals surface area contributed by atoms with E-state index in [9.17, 15) is 0 Å². The minimum atomic E-state index is 0.690. The molecule has 0 unspecified atom stereocenters. The number of imidazole rings is 2. The number of aromatic nitrogens is 4. The Bertz CT molecular complexity index is 1370. The van der Waals surface area contributed by atoms with Crippen molar-refractivity contribution < 1.29 is 9.47 Å². The Kier molecular flexibility index (Phi) is 7.91. The molecule has 0 atom stereocenters. The number of fused-ring (bicyclic) bond motifs is 2. The molecule has 3 aromatic carbocycles. The highest BCUT2D eigenvalue weighted by molar-refractivity contribution is 5.82. The van der Waals surface area contributed by atoms with Crippen LogP contribution in [0.4, 0.5) is 0 Å². The molecule has 2 aromatic heterocycles. The fourth-order valence-electron chi connectivity index (χ4n) is 4.35. The second-order valence-corrected chi connectivity index (χ2v) is 10.1. The molecule has 0 aliphatic heterocycles. The molecule has 5 rings (SSSR count). The zero-order valence-corrected chi connectivity index (χ0v) is 22.6. The quantitative estimate of drug-likeness (QED) is 0.217. The maximum absolute atomic E-state index is 5.91. The molecule has 2 heterocycles. The van der Waals surface area contributed by atoms with Crippen LogP contribution in [-0.4, -0.2) is 84.2 Å². The lowest BCUT2D eigenvalue weighted by Gasteiger charge is -2.10. The fourth-order valence-corrected chi connectivity index (χ4v) is 4.35. The lowest BCUT2D eigenvalue weighted by atomic mass is 10.1. The van der Waals surface area contributed by atoms with Gasteiger partial charge in [-0.15, -0.1) is 0 Å². The van der Waals surface area contributed by atoms with Gasteiger partial charge in [-0.3, -0.25) is 0 Å². The molecule has 8 nitrogen and oxygen atoms in total. The van der Waals surface area contributed by atoms with Crippen LogP contribution < -0.4 is 9.47 Å². The van der Waals surface area contributed by atoms with Gasteiger partial charge in [0.25, 0.3) is 0 Å². The van der Waals surface area contributed by atoms with Crippen LogP contribution in [0.25, 0.3) is 44.8 Å². The van der Waals surface area contributed by atoms with E-state index in [-0.39, 0.29) is 0 Å². The topological polar surface area (TPSA) is 82.3 Å². The van der Waals surface area contributed by atoms with Gasteiger partial charge < -0.3 is 29.2 Å². The van der Waals surface area contributed by atoms with E-state index in [0.29, 0.717) is 13.2 Å². The molecule has 0 aliphatic rings. The van der Waals surface area contributed by atoms with Gasteiger partial charge in [0.1, 0.15) is 23.1 Å². The maximum atomic E-state index is 5.91. The Balaban J connectivity index is 1.26. The zero-order chi connectivity index (χ0) is 26.5. The molecule has 38 heavy (non-hydrogen) atoms. The Morgan fingerprint density at radius 2 is 1.03 bits per heavy atom. The Morgan fingerprint density at radius 1 is 0.605 bits per heavy atom. The summed E-state index contributed by atoms with van der Waals surface area (Å²) in [5, 5.41) is 0. The van der Waals surface area contributed by atoms with Gasteiger partial charge in [0.2, 0.25) is 0 Å². The van der Waals surface area contributed by atoms with Gasteiger partial charge >= 0.3 is 0 Å². The lowest BCUT2D eigenvalue weighted by molar-refractivity contribution is 0.282. The summed E-state index contributed by atoms with van der Waals surface area (Å²) in [6.45, 7) is 3.39. The summed E-state index contributed by atoms with van der Waals surface area (Å²) in [5.74, 6) is 3.35. The number of H-pyrrole nitrogens is 2. The van der Waals surface area contributed by atoms with Gasteiger partial charge in [-0.25, -0.2) is 9.97 Å². The number of aromatic amines is 2. The van der Waals surface area contributed by atoms with Crippen LogP contribution in [-0.2, 0) is 0 Å². The monoisotopic (exact) mass is 512 g/mol. The molecular weight excluding hydrogens is 476 g/mol. The SMILES string of the molecule is CN(C)CCCOc1ccc2[nH]c(-c3ccc(-c4nc5cc(OCCCN(C)C)ccc5[nH]4)cc3)nc2c1. The molecule has 2 N–H and O–H groups in total. The van der Waals surface area contributed by atoms with Gasteiger partial charge in [-0.05, 0) is 65.3 Å². The third-order valence-corrected chi connectivity index (χ3v) is 6.38. The average molecular weight is 513 g/mol. The van der Waals surface area contributed by atoms with E-state index in [0.717, 1.165) is 82.3 Å². The lowest BCUT2D eigenvalue weighted by Crippen LogP contribution is -2.15. The van der Waals surface area contributed by atoms with Crippen LogP contribution >= 0.6 is 0 Å². The first kappa shape index (κ1) is 25.8. The van der Waals surface area contributed by atoms with Crippen LogP contribution in [0.5, 0.6) is 11.5 Å². The highest BCUT2D eigenvalue weighted by atomic mass is 16.5. The van der Waals surface area contributed by atoms with Gasteiger partial charge in [0.15, 0.2) is 0 Å². The molecule has 0 amide bonds. The summed E-state index contributed by atoms with van der Waals surface area (Å²) in [5.41, 5.74) is 5.80. The molecule has 0 bridgehead atoms. The highest BCUT2D eigenvalue weighted by Crippen LogP contribution is 2.28. The predicted molar refractivity (Wildman–Crippen MR) is 154 cm³/mol. The van der Waals surface area contributed by atoms with Crippen molar-refractivity contribution in [2.24, 2.45) is 0 Å². The van der Waals surface area contributed by atoms with Gasteiger partial charge in [-0.2, -0.15) is 0 Å². The van der Waals surface area contributed by atoms with E-state index in [1.807, 2.05) is 36.4 Å². The first-order chi connectivity index (χ1) is 18.4. The van der Waals surface area contributed by atoms with Crippen molar-refractivity contribution >= 4 is 22.1 Å². The van der Waals surface area contributed by atoms with E-state index in [2.05, 4.69) is 72.2 Å². The number of nitrogens with one attached hydrogen (secondary N) is 2. The molecule has 0 aliphatic carbocycles. The summed E-state index contributed by atoms with van der Waals surface area (Å²) < 4.78 is 11.8. The summed E-state index contributed by atoms with van der Waals surface area (Å²) in [6, 6.07) is 20.3. The minimum absolute atomic E-state index is 0.690. The van der Waals surface area contributed by atoms with Crippen molar-refractivity contribution in [2.75, 3.05) is 54.5 Å². The van der Waals surface area contributed by atoms with Crippen molar-refractivity contribution in [1.29, 1.82) is 0 Å². The van der Waals surface area contributed by atoms with Crippen molar-refractivity contribution in [1.82, 2.24) is 29.7 Å². The number of benzene rings is 3. The summed E-state index contributed by atoms with van der Waals surface area (Å²) in [6.07, 6.45) is 1.97. The summed E-state index contributed by atoms with van der Waals surface area (Å²) in [4.78, 5) is 20.8. The molecule has 0 radical (unpaired) electrons. The summed E-state index contributed by atoms with van der Waals surface area (Å²) >= 11 is 0. The molecule has 8 heteroatoms. The molecule has 0 fully saturated rings. The third-order valence-electron chi connectivity index (χ3n) is 6.38. The number of hydrogen-bond donors (Lipinski definition) is 2. The van der Waals surface area contributed by atoms with Crippen molar-refractivity contribution in [3.63, 3.8) is 0 Å². The van der Waals surface area contributed by atoms with Crippen LogP contribution in [0, 0.1) is 0 Å². The predicted octanol–water partition coefficient (Wildman–Crippen LogP) is 5.43. The van der Waals surface area contributed by atoms with Crippen LogP contribution in [0.2, 0.25) is 0 Å². The smallest absolute Gasteiger partial charge is 0.138 e. The van der Waals surface area contributed by atoms with Gasteiger partial charge in [0.05, 0.1) is 35.3 Å². The van der Waals surface area contributed by atoms with Crippen LogP contribution in [0.3, 0.4) is 0 Å². The van der Waals surface area contributed by atoms with E-state index in [1.165, 1.54) is 0 Å². The number of hydrogen-bond acceptors (Lipinski definition) is 6. The largest absolute Gasteiger partial charge is 0.493 e. The second kappa shape index (κ2) is 11.7. The first-order valence-corrected chi connectivity index (χ1v) is 13.1. The normalized spacial score (nSPS) is 11.7. The van der Waals surface area contributed by atoms with Crippen molar-refractivity contribution in [3.05, 3.63) is 60.7 Å². The number of nitrogens with zero attached hydrogens (tertiary/aromatic N) is 4. The van der Waals surface area contributed by atoms with E-state index in [1.54, 1.807) is 0 Å². The Morgan fingerprint density at radius 3 is 1.42 bits per heavy atom. The van der Waals surface area contributed by atoms with Crippen LogP contribution in [0.1, 0.15) is 12.8 Å². The second-order valence-electron chi connectivity index (χ2n) is 10.1. The van der Waals surface area contributed by atoms with E-state index < -0.39 is 0 Å². The molecule has 5 aromatic rings. The molecule has 0 saturated carbocycles. The van der Waals surface area contributed by atoms with E-state index in [4.69, 9.17) is 19.4 Å². The number of ether oxygens (including phenoxy) is 2. The maximum Gasteiger partial charge on any atom is 0.138 e. The van der Waals surface area contributed by atoms with Gasteiger partial charge in [-0.1, -0.05) is 24.3 Å². The zero-order valence-electron chi connectivity index (χ0n) is 22.6. The third kappa shape index (κ3) is 6.33. The fraction of sp³-hybridized carbons (Fsp3) is 0.333. The molecule has 0 spiro atoms. The van der Waals surface area contributed by atoms with Gasteiger partial charge in [0, 0.05) is 36.3 Å². The molecule has 198 valence electrons. The van der Waals surface area contributed by atoms with Crippen LogP contribution in [0.15, 0.2) is 60.7 Å².